The highest BCUT2D eigenvalue weighted by atomic mass is 35.5. The van der Waals surface area contributed by atoms with E-state index in [2.05, 4.69) is 5.32 Å². The molecule has 0 heterocycles. The van der Waals surface area contributed by atoms with Crippen molar-refractivity contribution >= 4 is 17.6 Å². The molecule has 5 heteroatoms. The van der Waals surface area contributed by atoms with E-state index in [-0.39, 0.29) is 12.6 Å². The van der Waals surface area contributed by atoms with Gasteiger partial charge in [-0.25, -0.2) is 4.79 Å². The van der Waals surface area contributed by atoms with E-state index in [0.717, 1.165) is 18.4 Å². The SMILES string of the molecule is O=C(NC1CCCC1)N(CCCO)Cc1cccc(Cl)c1. The summed E-state index contributed by atoms with van der Waals surface area (Å²) in [4.78, 5) is 14.1. The van der Waals surface area contributed by atoms with Crippen molar-refractivity contribution in [2.75, 3.05) is 13.2 Å². The van der Waals surface area contributed by atoms with Gasteiger partial charge in [0.05, 0.1) is 0 Å². The van der Waals surface area contributed by atoms with E-state index in [4.69, 9.17) is 16.7 Å². The number of rotatable bonds is 6. The first-order chi connectivity index (χ1) is 10.2. The van der Waals surface area contributed by atoms with Crippen molar-refractivity contribution in [1.82, 2.24) is 10.2 Å². The summed E-state index contributed by atoms with van der Waals surface area (Å²) in [6, 6.07) is 7.79. The van der Waals surface area contributed by atoms with Crippen molar-refractivity contribution in [1.29, 1.82) is 0 Å². The van der Waals surface area contributed by atoms with Crippen LogP contribution in [0.15, 0.2) is 24.3 Å². The number of benzene rings is 1. The van der Waals surface area contributed by atoms with Crippen molar-refractivity contribution < 1.29 is 9.90 Å². The van der Waals surface area contributed by atoms with Gasteiger partial charge in [0.15, 0.2) is 0 Å². The van der Waals surface area contributed by atoms with Crippen LogP contribution in [-0.4, -0.2) is 35.2 Å². The normalized spacial score (nSPS) is 15.1. The van der Waals surface area contributed by atoms with Crippen LogP contribution in [0.1, 0.15) is 37.7 Å². The van der Waals surface area contributed by atoms with Crippen LogP contribution in [-0.2, 0) is 6.54 Å². The van der Waals surface area contributed by atoms with Gasteiger partial charge in [-0.05, 0) is 37.0 Å². The minimum absolute atomic E-state index is 0.0460. The van der Waals surface area contributed by atoms with Crippen molar-refractivity contribution in [3.05, 3.63) is 34.9 Å². The van der Waals surface area contributed by atoms with Crippen LogP contribution in [0.25, 0.3) is 0 Å². The minimum atomic E-state index is -0.0460. The molecule has 2 N–H and O–H groups in total. The zero-order valence-electron chi connectivity index (χ0n) is 12.2. The summed E-state index contributed by atoms with van der Waals surface area (Å²) in [5.41, 5.74) is 1.00. The summed E-state index contributed by atoms with van der Waals surface area (Å²) in [5.74, 6) is 0. The van der Waals surface area contributed by atoms with Gasteiger partial charge in [0.1, 0.15) is 0 Å². The Bertz CT molecular complexity index is 461. The van der Waals surface area contributed by atoms with Crippen LogP contribution in [0.3, 0.4) is 0 Å². The average molecular weight is 311 g/mol. The van der Waals surface area contributed by atoms with Gasteiger partial charge in [-0.15, -0.1) is 0 Å². The number of nitrogens with one attached hydrogen (secondary N) is 1. The number of urea groups is 1. The van der Waals surface area contributed by atoms with E-state index in [0.29, 0.717) is 30.6 Å². The van der Waals surface area contributed by atoms with Crippen LogP contribution < -0.4 is 5.32 Å². The molecular weight excluding hydrogens is 288 g/mol. The summed E-state index contributed by atoms with van der Waals surface area (Å²) in [6.07, 6.45) is 5.10. The molecule has 1 aromatic carbocycles. The lowest BCUT2D eigenvalue weighted by Crippen LogP contribution is -2.44. The summed E-state index contributed by atoms with van der Waals surface area (Å²) < 4.78 is 0. The molecule has 1 saturated carbocycles. The molecule has 0 bridgehead atoms. The molecule has 2 amide bonds. The van der Waals surface area contributed by atoms with Gasteiger partial charge in [-0.3, -0.25) is 0 Å². The molecule has 0 unspecified atom stereocenters. The maximum atomic E-state index is 12.4. The van der Waals surface area contributed by atoms with Crippen LogP contribution in [0.4, 0.5) is 4.79 Å². The minimum Gasteiger partial charge on any atom is -0.396 e. The van der Waals surface area contributed by atoms with Gasteiger partial charge in [0.2, 0.25) is 0 Å². The highest BCUT2D eigenvalue weighted by molar-refractivity contribution is 6.30. The van der Waals surface area contributed by atoms with E-state index < -0.39 is 0 Å². The molecule has 0 radical (unpaired) electrons. The monoisotopic (exact) mass is 310 g/mol. The third-order valence-corrected chi connectivity index (χ3v) is 4.05. The number of carbonyl (C=O) groups excluding carboxylic acids is 1. The van der Waals surface area contributed by atoms with Gasteiger partial charge in [0, 0.05) is 30.8 Å². The molecule has 1 aliphatic carbocycles. The first kappa shape index (κ1) is 16.1. The zero-order chi connectivity index (χ0) is 15.1. The third kappa shape index (κ3) is 5.21. The summed E-state index contributed by atoms with van der Waals surface area (Å²) in [7, 11) is 0. The second-order valence-electron chi connectivity index (χ2n) is 5.56. The predicted molar refractivity (Wildman–Crippen MR) is 84.4 cm³/mol. The number of aliphatic hydroxyl groups excluding tert-OH is 1. The molecular formula is C16H23ClN2O2. The number of amides is 2. The van der Waals surface area contributed by atoms with Crippen molar-refractivity contribution in [2.45, 2.75) is 44.7 Å². The molecule has 0 spiro atoms. The molecule has 0 aliphatic heterocycles. The Morgan fingerprint density at radius 2 is 2.14 bits per heavy atom. The Morgan fingerprint density at radius 1 is 1.38 bits per heavy atom. The fraction of sp³-hybridized carbons (Fsp3) is 0.562. The van der Waals surface area contributed by atoms with Crippen LogP contribution in [0, 0.1) is 0 Å². The number of hydrogen-bond acceptors (Lipinski definition) is 2. The molecule has 4 nitrogen and oxygen atoms in total. The van der Waals surface area contributed by atoms with Crippen LogP contribution in [0.5, 0.6) is 0 Å². The second-order valence-corrected chi connectivity index (χ2v) is 6.00. The smallest absolute Gasteiger partial charge is 0.317 e. The van der Waals surface area contributed by atoms with E-state index in [1.165, 1.54) is 12.8 Å². The summed E-state index contributed by atoms with van der Waals surface area (Å²) in [6.45, 7) is 1.14. The van der Waals surface area contributed by atoms with E-state index >= 15 is 0 Å². The fourth-order valence-electron chi connectivity index (χ4n) is 2.71. The van der Waals surface area contributed by atoms with Gasteiger partial charge in [0.25, 0.3) is 0 Å². The molecule has 21 heavy (non-hydrogen) atoms. The standard InChI is InChI=1S/C16H23ClN2O2/c17-14-6-3-5-13(11-14)12-19(9-4-10-20)16(21)18-15-7-1-2-8-15/h3,5-6,11,15,20H,1-2,4,7-10,12H2,(H,18,21). The lowest BCUT2D eigenvalue weighted by molar-refractivity contribution is 0.183. The number of aliphatic hydroxyl groups is 1. The Kier molecular flexibility index (Phi) is 6.33. The summed E-state index contributed by atoms with van der Waals surface area (Å²) in [5, 5.41) is 12.8. The quantitative estimate of drug-likeness (QED) is 0.848. The number of hydrogen-bond donors (Lipinski definition) is 2. The lowest BCUT2D eigenvalue weighted by Gasteiger charge is -2.25. The Hall–Kier alpha value is -1.26. The second kappa shape index (κ2) is 8.25. The van der Waals surface area contributed by atoms with Crippen LogP contribution >= 0.6 is 11.6 Å². The Balaban J connectivity index is 1.97. The maximum Gasteiger partial charge on any atom is 0.317 e. The van der Waals surface area contributed by atoms with Gasteiger partial charge in [-0.2, -0.15) is 0 Å². The molecule has 0 atom stereocenters. The zero-order valence-corrected chi connectivity index (χ0v) is 13.0. The van der Waals surface area contributed by atoms with Crippen LogP contribution in [0.2, 0.25) is 5.02 Å². The highest BCUT2D eigenvalue weighted by Gasteiger charge is 2.20. The Labute approximate surface area is 131 Å². The highest BCUT2D eigenvalue weighted by Crippen LogP contribution is 2.18. The maximum absolute atomic E-state index is 12.4. The van der Waals surface area contributed by atoms with Gasteiger partial charge < -0.3 is 15.3 Å². The molecule has 1 aromatic rings. The summed E-state index contributed by atoms with van der Waals surface area (Å²) >= 11 is 5.99. The lowest BCUT2D eigenvalue weighted by atomic mass is 10.2. The van der Waals surface area contributed by atoms with Crippen molar-refractivity contribution in [3.63, 3.8) is 0 Å². The van der Waals surface area contributed by atoms with E-state index in [9.17, 15) is 4.79 Å². The average Bonchev–Trinajstić information content (AvgIpc) is 2.96. The van der Waals surface area contributed by atoms with E-state index in [1.807, 2.05) is 24.3 Å². The third-order valence-electron chi connectivity index (χ3n) is 3.82. The molecule has 0 aromatic heterocycles. The predicted octanol–water partition coefficient (Wildman–Crippen LogP) is 3.18. The molecule has 1 fully saturated rings. The number of nitrogens with zero attached hydrogens (tertiary/aromatic N) is 1. The first-order valence-corrected chi connectivity index (χ1v) is 7.97. The molecule has 116 valence electrons. The molecule has 1 aliphatic rings. The number of carbonyl (C=O) groups is 1. The topological polar surface area (TPSA) is 52.6 Å². The molecule has 0 saturated heterocycles. The first-order valence-electron chi connectivity index (χ1n) is 7.60. The fourth-order valence-corrected chi connectivity index (χ4v) is 2.92. The number of halogens is 1. The van der Waals surface area contributed by atoms with Crippen molar-refractivity contribution in [2.24, 2.45) is 0 Å². The van der Waals surface area contributed by atoms with Gasteiger partial charge >= 0.3 is 6.03 Å². The van der Waals surface area contributed by atoms with Gasteiger partial charge in [-0.1, -0.05) is 36.6 Å². The largest absolute Gasteiger partial charge is 0.396 e. The Morgan fingerprint density at radius 3 is 2.81 bits per heavy atom. The van der Waals surface area contributed by atoms with Crippen molar-refractivity contribution in [3.8, 4) is 0 Å². The molecule has 2 rings (SSSR count). The van der Waals surface area contributed by atoms with E-state index in [1.54, 1.807) is 4.90 Å².